The zero-order valence-corrected chi connectivity index (χ0v) is 11.2. The van der Waals surface area contributed by atoms with Crippen LogP contribution in [-0.4, -0.2) is 54.5 Å². The van der Waals surface area contributed by atoms with Gasteiger partial charge < -0.3 is 20.1 Å². The molecular weight excluding hydrogens is 220 g/mol. The van der Waals surface area contributed by atoms with E-state index >= 15 is 0 Å². The molecule has 0 aromatic carbocycles. The molecule has 0 spiro atoms. The zero-order chi connectivity index (χ0) is 13.1. The van der Waals surface area contributed by atoms with E-state index in [-0.39, 0.29) is 17.5 Å². The summed E-state index contributed by atoms with van der Waals surface area (Å²) in [7, 11) is 1.66. The Morgan fingerprint density at radius 2 is 2.18 bits per heavy atom. The van der Waals surface area contributed by atoms with Gasteiger partial charge in [-0.1, -0.05) is 0 Å². The first-order valence-corrected chi connectivity index (χ1v) is 6.10. The molecule has 5 heteroatoms. The third-order valence-corrected chi connectivity index (χ3v) is 3.21. The normalized spacial score (nSPS) is 25.6. The van der Waals surface area contributed by atoms with Gasteiger partial charge in [-0.3, -0.25) is 0 Å². The van der Waals surface area contributed by atoms with E-state index in [0.29, 0.717) is 6.61 Å². The van der Waals surface area contributed by atoms with Gasteiger partial charge in [0.2, 0.25) is 0 Å². The van der Waals surface area contributed by atoms with Gasteiger partial charge in [-0.05, 0) is 33.7 Å². The maximum Gasteiger partial charge on any atom is 0.407 e. The molecule has 1 amide bonds. The molecule has 0 aromatic rings. The summed E-state index contributed by atoms with van der Waals surface area (Å²) in [6.07, 6.45) is 0.00271. The van der Waals surface area contributed by atoms with Crippen LogP contribution < -0.4 is 5.32 Å². The Balaban J connectivity index is 2.86. The largest absolute Gasteiger partial charge is 0.465 e. The molecule has 2 N–H and O–H groups in total. The predicted octanol–water partition coefficient (Wildman–Crippen LogP) is 1.39. The van der Waals surface area contributed by atoms with Gasteiger partial charge in [0.05, 0.1) is 6.61 Å². The van der Waals surface area contributed by atoms with E-state index in [1.807, 2.05) is 20.8 Å². The maximum atomic E-state index is 11.5. The molecule has 1 fully saturated rings. The van der Waals surface area contributed by atoms with E-state index < -0.39 is 6.09 Å². The molecule has 1 rings (SSSR count). The van der Waals surface area contributed by atoms with Crippen molar-refractivity contribution in [1.29, 1.82) is 0 Å². The number of piperidine rings is 1. The fourth-order valence-corrected chi connectivity index (χ4v) is 2.56. The highest BCUT2D eigenvalue weighted by molar-refractivity contribution is 5.66. The van der Waals surface area contributed by atoms with E-state index in [0.717, 1.165) is 19.5 Å². The van der Waals surface area contributed by atoms with Crippen LogP contribution in [0.5, 0.6) is 0 Å². The van der Waals surface area contributed by atoms with Crippen LogP contribution in [-0.2, 0) is 4.74 Å². The minimum absolute atomic E-state index is 0.0358. The fourth-order valence-electron chi connectivity index (χ4n) is 2.56. The van der Waals surface area contributed by atoms with Gasteiger partial charge in [0.25, 0.3) is 0 Å². The molecule has 5 nitrogen and oxygen atoms in total. The summed E-state index contributed by atoms with van der Waals surface area (Å²) >= 11 is 0. The number of hydrogen-bond acceptors (Lipinski definition) is 3. The molecule has 2 atom stereocenters. The highest BCUT2D eigenvalue weighted by atomic mass is 16.5. The minimum Gasteiger partial charge on any atom is -0.465 e. The van der Waals surface area contributed by atoms with Crippen molar-refractivity contribution in [3.05, 3.63) is 0 Å². The third kappa shape index (κ3) is 3.57. The lowest BCUT2D eigenvalue weighted by molar-refractivity contribution is 0.0137. The SMILES string of the molecule is COC[C@H]1CNCC[C@H]1N(C(=O)O)C(C)(C)C. The lowest BCUT2D eigenvalue weighted by Crippen LogP contribution is -2.58. The third-order valence-electron chi connectivity index (χ3n) is 3.21. The molecule has 1 heterocycles. The quantitative estimate of drug-likeness (QED) is 0.787. The summed E-state index contributed by atoms with van der Waals surface area (Å²) in [5, 5.41) is 12.7. The monoisotopic (exact) mass is 244 g/mol. The van der Waals surface area contributed by atoms with Crippen molar-refractivity contribution in [2.75, 3.05) is 26.8 Å². The maximum absolute atomic E-state index is 11.5. The summed E-state index contributed by atoms with van der Waals surface area (Å²) in [4.78, 5) is 13.0. The summed E-state index contributed by atoms with van der Waals surface area (Å²) in [5.74, 6) is 0.226. The van der Waals surface area contributed by atoms with Crippen LogP contribution >= 0.6 is 0 Å². The van der Waals surface area contributed by atoms with Gasteiger partial charge >= 0.3 is 6.09 Å². The van der Waals surface area contributed by atoms with Crippen molar-refractivity contribution in [3.63, 3.8) is 0 Å². The zero-order valence-electron chi connectivity index (χ0n) is 11.2. The lowest BCUT2D eigenvalue weighted by atomic mass is 9.89. The van der Waals surface area contributed by atoms with Gasteiger partial charge in [-0.2, -0.15) is 0 Å². The topological polar surface area (TPSA) is 61.8 Å². The minimum atomic E-state index is -0.842. The predicted molar refractivity (Wildman–Crippen MR) is 66.3 cm³/mol. The Morgan fingerprint density at radius 3 is 2.65 bits per heavy atom. The van der Waals surface area contributed by atoms with Gasteiger partial charge in [-0.15, -0.1) is 0 Å². The van der Waals surface area contributed by atoms with Crippen LogP contribution in [0.15, 0.2) is 0 Å². The second kappa shape index (κ2) is 5.69. The van der Waals surface area contributed by atoms with Crippen molar-refractivity contribution in [2.45, 2.75) is 38.8 Å². The van der Waals surface area contributed by atoms with Gasteiger partial charge in [0.1, 0.15) is 0 Å². The number of carbonyl (C=O) groups is 1. The first kappa shape index (κ1) is 14.3. The fraction of sp³-hybridized carbons (Fsp3) is 0.917. The Morgan fingerprint density at radius 1 is 1.53 bits per heavy atom. The number of hydrogen-bond donors (Lipinski definition) is 2. The Labute approximate surface area is 103 Å². The van der Waals surface area contributed by atoms with E-state index in [2.05, 4.69) is 5.32 Å². The summed E-state index contributed by atoms with van der Waals surface area (Å²) in [6, 6.07) is 0.0358. The van der Waals surface area contributed by atoms with Crippen molar-refractivity contribution in [3.8, 4) is 0 Å². The molecule has 1 saturated heterocycles. The van der Waals surface area contributed by atoms with Crippen LogP contribution in [0, 0.1) is 5.92 Å². The Hall–Kier alpha value is -0.810. The van der Waals surface area contributed by atoms with Crippen molar-refractivity contribution < 1.29 is 14.6 Å². The summed E-state index contributed by atoms with van der Waals surface area (Å²) in [6.45, 7) is 8.09. The van der Waals surface area contributed by atoms with Crippen LogP contribution in [0.25, 0.3) is 0 Å². The molecule has 0 unspecified atom stereocenters. The van der Waals surface area contributed by atoms with Gasteiger partial charge in [-0.25, -0.2) is 4.79 Å². The molecule has 1 aliphatic heterocycles. The van der Waals surface area contributed by atoms with E-state index in [4.69, 9.17) is 4.74 Å². The number of carboxylic acid groups (broad SMARTS) is 1. The molecule has 100 valence electrons. The molecule has 0 aliphatic carbocycles. The number of methoxy groups -OCH3 is 1. The van der Waals surface area contributed by atoms with Gasteiger partial charge in [0.15, 0.2) is 0 Å². The molecule has 0 aromatic heterocycles. The molecule has 0 saturated carbocycles. The molecule has 0 bridgehead atoms. The number of nitrogens with zero attached hydrogens (tertiary/aromatic N) is 1. The van der Waals surface area contributed by atoms with Crippen molar-refractivity contribution in [1.82, 2.24) is 10.2 Å². The number of ether oxygens (including phenoxy) is 1. The second-order valence-electron chi connectivity index (χ2n) is 5.60. The summed E-state index contributed by atoms with van der Waals surface area (Å²) in [5.41, 5.74) is -0.375. The Bertz CT molecular complexity index is 261. The standard InChI is InChI=1S/C12H24N2O3/c1-12(2,3)14(11(15)16)10-5-6-13-7-9(10)8-17-4/h9-10,13H,5-8H2,1-4H3,(H,15,16)/t9-,10-/m1/s1. The second-order valence-corrected chi connectivity index (χ2v) is 5.60. The van der Waals surface area contributed by atoms with E-state index in [1.165, 1.54) is 0 Å². The van der Waals surface area contributed by atoms with Crippen molar-refractivity contribution >= 4 is 6.09 Å². The van der Waals surface area contributed by atoms with Crippen molar-refractivity contribution in [2.24, 2.45) is 5.92 Å². The molecular formula is C12H24N2O3. The van der Waals surface area contributed by atoms with Crippen LogP contribution in [0.2, 0.25) is 0 Å². The highest BCUT2D eigenvalue weighted by Gasteiger charge is 2.38. The molecule has 17 heavy (non-hydrogen) atoms. The Kier molecular flexibility index (Phi) is 4.77. The molecule has 1 aliphatic rings. The summed E-state index contributed by atoms with van der Waals surface area (Å²) < 4.78 is 5.19. The number of nitrogens with one attached hydrogen (secondary N) is 1. The average molecular weight is 244 g/mol. The number of rotatable bonds is 3. The van der Waals surface area contributed by atoms with E-state index in [1.54, 1.807) is 12.0 Å². The lowest BCUT2D eigenvalue weighted by Gasteiger charge is -2.45. The van der Waals surface area contributed by atoms with Crippen LogP contribution in [0.1, 0.15) is 27.2 Å². The van der Waals surface area contributed by atoms with E-state index in [9.17, 15) is 9.90 Å². The average Bonchev–Trinajstić information content (AvgIpc) is 2.18. The van der Waals surface area contributed by atoms with Gasteiger partial charge in [0, 0.05) is 31.2 Å². The number of amides is 1. The van der Waals surface area contributed by atoms with Crippen LogP contribution in [0.3, 0.4) is 0 Å². The smallest absolute Gasteiger partial charge is 0.407 e. The highest BCUT2D eigenvalue weighted by Crippen LogP contribution is 2.26. The molecule has 0 radical (unpaired) electrons. The van der Waals surface area contributed by atoms with Crippen LogP contribution in [0.4, 0.5) is 4.79 Å². The first-order chi connectivity index (χ1) is 7.88. The first-order valence-electron chi connectivity index (χ1n) is 6.10.